The fourth-order valence-corrected chi connectivity index (χ4v) is 8.09. The SMILES string of the molecule is c1ccc2c(-c3ccc(-c4ccc5c(c4)Oc4ccc6c7c(ccc-5c47)-c4ccc(-c5cccc7ccccc57)cc4O6)cc3)cccc2c1. The first-order valence-corrected chi connectivity index (χ1v) is 17.1. The van der Waals surface area contributed by atoms with Crippen LogP contribution in [-0.4, -0.2) is 0 Å². The highest BCUT2D eigenvalue weighted by Crippen LogP contribution is 2.55. The van der Waals surface area contributed by atoms with Crippen molar-refractivity contribution in [3.8, 4) is 78.6 Å². The zero-order chi connectivity index (χ0) is 32.8. The number of rotatable bonds is 3. The van der Waals surface area contributed by atoms with Crippen molar-refractivity contribution in [1.29, 1.82) is 0 Å². The molecule has 2 heteroatoms. The van der Waals surface area contributed by atoms with Crippen molar-refractivity contribution in [2.24, 2.45) is 0 Å². The smallest absolute Gasteiger partial charge is 0.136 e. The van der Waals surface area contributed by atoms with Gasteiger partial charge in [-0.3, -0.25) is 0 Å². The van der Waals surface area contributed by atoms with E-state index < -0.39 is 0 Å². The van der Waals surface area contributed by atoms with E-state index in [1.165, 1.54) is 49.4 Å². The summed E-state index contributed by atoms with van der Waals surface area (Å²) in [5.41, 5.74) is 11.6. The van der Waals surface area contributed by atoms with Crippen LogP contribution < -0.4 is 9.47 Å². The second-order valence-electron chi connectivity index (χ2n) is 13.2. The van der Waals surface area contributed by atoms with Crippen LogP contribution in [0.1, 0.15) is 0 Å². The lowest BCUT2D eigenvalue weighted by Gasteiger charge is -2.27. The van der Waals surface area contributed by atoms with Gasteiger partial charge in [-0.1, -0.05) is 133 Å². The fourth-order valence-electron chi connectivity index (χ4n) is 8.09. The standard InChI is InChI=1S/C48H28O2/c1-3-11-35-30(7-1)9-5-13-37(35)32-17-15-29(16-18-32)33-19-21-39-41-23-24-42-40-22-20-34(38-14-6-10-31-8-2-4-12-36(31)38)28-46(40)50-44-26-25-43(47(41)48(42)44)49-45(39)27-33/h1-28H. The zero-order valence-corrected chi connectivity index (χ0v) is 27.0. The van der Waals surface area contributed by atoms with Crippen LogP contribution in [0.3, 0.4) is 0 Å². The fraction of sp³-hybridized carbons (Fsp3) is 0. The molecule has 0 saturated carbocycles. The van der Waals surface area contributed by atoms with Gasteiger partial charge in [0, 0.05) is 21.9 Å². The van der Waals surface area contributed by atoms with Gasteiger partial charge >= 0.3 is 0 Å². The third-order valence-corrected chi connectivity index (χ3v) is 10.5. The summed E-state index contributed by atoms with van der Waals surface area (Å²) in [6, 6.07) is 60.7. The molecule has 11 rings (SSSR count). The van der Waals surface area contributed by atoms with E-state index in [0.717, 1.165) is 61.6 Å². The van der Waals surface area contributed by atoms with Crippen molar-refractivity contribution < 1.29 is 9.47 Å². The van der Waals surface area contributed by atoms with Crippen molar-refractivity contribution in [3.05, 3.63) is 170 Å². The molecular weight excluding hydrogens is 609 g/mol. The average molecular weight is 637 g/mol. The second-order valence-corrected chi connectivity index (χ2v) is 13.2. The van der Waals surface area contributed by atoms with E-state index in [0.29, 0.717) is 0 Å². The van der Waals surface area contributed by atoms with Gasteiger partial charge in [-0.15, -0.1) is 0 Å². The number of hydrogen-bond acceptors (Lipinski definition) is 2. The highest BCUT2D eigenvalue weighted by Gasteiger charge is 2.28. The molecule has 2 nitrogen and oxygen atoms in total. The molecule has 0 aliphatic carbocycles. The summed E-state index contributed by atoms with van der Waals surface area (Å²) in [6.45, 7) is 0. The molecule has 0 amide bonds. The molecule has 2 aliphatic heterocycles. The summed E-state index contributed by atoms with van der Waals surface area (Å²) in [5.74, 6) is 3.46. The Bertz CT molecular complexity index is 2850. The van der Waals surface area contributed by atoms with Crippen LogP contribution in [0.4, 0.5) is 0 Å². The second kappa shape index (κ2) is 10.4. The summed E-state index contributed by atoms with van der Waals surface area (Å²) in [4.78, 5) is 0. The minimum atomic E-state index is 0.857. The topological polar surface area (TPSA) is 18.5 Å². The van der Waals surface area contributed by atoms with Crippen LogP contribution in [0.25, 0.3) is 88.0 Å². The summed E-state index contributed by atoms with van der Waals surface area (Å²) in [7, 11) is 0. The molecule has 9 aromatic carbocycles. The maximum absolute atomic E-state index is 6.68. The number of ether oxygens (including phenoxy) is 2. The quantitative estimate of drug-likeness (QED) is 0.192. The van der Waals surface area contributed by atoms with E-state index in [1.54, 1.807) is 0 Å². The van der Waals surface area contributed by atoms with Crippen LogP contribution in [0, 0.1) is 0 Å². The Labute approximate surface area is 289 Å². The van der Waals surface area contributed by atoms with Crippen LogP contribution in [0.15, 0.2) is 170 Å². The Morgan fingerprint density at radius 1 is 0.260 bits per heavy atom. The lowest BCUT2D eigenvalue weighted by Crippen LogP contribution is -2.03. The predicted octanol–water partition coefficient (Wildman–Crippen LogP) is 13.7. The Morgan fingerprint density at radius 3 is 1.30 bits per heavy atom. The van der Waals surface area contributed by atoms with Crippen LogP contribution >= 0.6 is 0 Å². The molecule has 0 saturated heterocycles. The largest absolute Gasteiger partial charge is 0.456 e. The van der Waals surface area contributed by atoms with Gasteiger partial charge in [-0.2, -0.15) is 0 Å². The summed E-state index contributed by atoms with van der Waals surface area (Å²) in [6.07, 6.45) is 0. The van der Waals surface area contributed by atoms with Crippen LogP contribution in [0.5, 0.6) is 23.0 Å². The molecular formula is C48H28O2. The van der Waals surface area contributed by atoms with E-state index >= 15 is 0 Å². The molecule has 9 aromatic rings. The molecule has 2 aliphatic rings. The van der Waals surface area contributed by atoms with Gasteiger partial charge in [0.1, 0.15) is 23.0 Å². The van der Waals surface area contributed by atoms with Crippen molar-refractivity contribution in [2.45, 2.75) is 0 Å². The average Bonchev–Trinajstić information content (AvgIpc) is 3.18. The summed E-state index contributed by atoms with van der Waals surface area (Å²) < 4.78 is 13.4. The van der Waals surface area contributed by atoms with E-state index in [-0.39, 0.29) is 0 Å². The number of benzene rings is 9. The maximum atomic E-state index is 6.68. The van der Waals surface area contributed by atoms with Crippen molar-refractivity contribution in [1.82, 2.24) is 0 Å². The zero-order valence-electron chi connectivity index (χ0n) is 27.0. The van der Waals surface area contributed by atoms with Crippen LogP contribution in [0.2, 0.25) is 0 Å². The van der Waals surface area contributed by atoms with Crippen LogP contribution in [-0.2, 0) is 0 Å². The molecule has 0 aromatic heterocycles. The molecule has 0 radical (unpaired) electrons. The summed E-state index contributed by atoms with van der Waals surface area (Å²) >= 11 is 0. The van der Waals surface area contributed by atoms with E-state index in [2.05, 4.69) is 170 Å². The molecule has 0 N–H and O–H groups in total. The lowest BCUT2D eigenvalue weighted by atomic mass is 9.86. The summed E-state index contributed by atoms with van der Waals surface area (Å²) in [5, 5.41) is 7.19. The molecule has 50 heavy (non-hydrogen) atoms. The van der Waals surface area contributed by atoms with Crippen molar-refractivity contribution >= 4 is 32.3 Å². The molecule has 0 spiro atoms. The molecule has 2 heterocycles. The minimum absolute atomic E-state index is 0.857. The van der Waals surface area contributed by atoms with Gasteiger partial charge in [0.25, 0.3) is 0 Å². The van der Waals surface area contributed by atoms with E-state index in [9.17, 15) is 0 Å². The van der Waals surface area contributed by atoms with Gasteiger partial charge < -0.3 is 9.47 Å². The molecule has 232 valence electrons. The van der Waals surface area contributed by atoms with Gasteiger partial charge in [-0.05, 0) is 102 Å². The minimum Gasteiger partial charge on any atom is -0.456 e. The maximum Gasteiger partial charge on any atom is 0.136 e. The number of hydrogen-bond donors (Lipinski definition) is 0. The Kier molecular flexibility index (Phi) is 5.70. The first kappa shape index (κ1) is 27.3. The Morgan fingerprint density at radius 2 is 0.700 bits per heavy atom. The molecule has 0 fully saturated rings. The van der Waals surface area contributed by atoms with Gasteiger partial charge in [0.05, 0.1) is 0 Å². The molecule has 0 unspecified atom stereocenters. The lowest BCUT2D eigenvalue weighted by molar-refractivity contribution is 0.475. The highest BCUT2D eigenvalue weighted by molar-refractivity contribution is 6.14. The van der Waals surface area contributed by atoms with Crippen molar-refractivity contribution in [2.75, 3.05) is 0 Å². The first-order chi connectivity index (χ1) is 24.8. The third-order valence-electron chi connectivity index (χ3n) is 10.5. The molecule has 0 bridgehead atoms. The number of fused-ring (bicyclic) bond motifs is 6. The molecule has 0 atom stereocenters. The van der Waals surface area contributed by atoms with Crippen molar-refractivity contribution in [3.63, 3.8) is 0 Å². The van der Waals surface area contributed by atoms with Gasteiger partial charge in [0.2, 0.25) is 0 Å². The van der Waals surface area contributed by atoms with Gasteiger partial charge in [-0.25, -0.2) is 0 Å². The Hall–Kier alpha value is -6.64. The highest BCUT2D eigenvalue weighted by atomic mass is 16.5. The normalized spacial score (nSPS) is 12.3. The van der Waals surface area contributed by atoms with E-state index in [1.807, 2.05) is 0 Å². The Balaban J connectivity index is 0.966. The first-order valence-electron chi connectivity index (χ1n) is 17.1. The van der Waals surface area contributed by atoms with E-state index in [4.69, 9.17) is 9.47 Å². The monoisotopic (exact) mass is 636 g/mol. The van der Waals surface area contributed by atoms with Gasteiger partial charge in [0.15, 0.2) is 0 Å². The third kappa shape index (κ3) is 4.03. The predicted molar refractivity (Wildman–Crippen MR) is 206 cm³/mol.